The van der Waals surface area contributed by atoms with Crippen molar-refractivity contribution in [3.05, 3.63) is 182 Å². The van der Waals surface area contributed by atoms with Crippen molar-refractivity contribution in [2.75, 3.05) is 0 Å². The van der Waals surface area contributed by atoms with Crippen molar-refractivity contribution in [2.24, 2.45) is 0 Å². The third kappa shape index (κ3) is 4.00. The maximum absolute atomic E-state index is 2.51. The molecule has 0 bridgehead atoms. The number of nitrogens with zero attached hydrogens (tertiary/aromatic N) is 2. The molecule has 48 heavy (non-hydrogen) atoms. The second-order valence-electron chi connectivity index (χ2n) is 12.6. The molecule has 0 aliphatic carbocycles. The van der Waals surface area contributed by atoms with Crippen LogP contribution in [0.15, 0.2) is 182 Å². The fraction of sp³-hybridized carbons (Fsp3) is 0. The molecule has 8 aromatic carbocycles. The third-order valence-corrected chi connectivity index (χ3v) is 9.89. The van der Waals surface area contributed by atoms with Gasteiger partial charge in [-0.1, -0.05) is 146 Å². The highest BCUT2D eigenvalue weighted by Crippen LogP contribution is 2.43. The molecule has 2 heteroatoms. The minimum absolute atomic E-state index is 1.15. The van der Waals surface area contributed by atoms with Crippen LogP contribution in [0.3, 0.4) is 0 Å². The lowest BCUT2D eigenvalue weighted by molar-refractivity contribution is 1.15. The second kappa shape index (κ2) is 10.6. The fourth-order valence-corrected chi connectivity index (χ4v) is 7.74. The standard InChI is InChI=1S/C46H30N2/c1-2-13-31(14-3-1)34-17-12-18-36(30-34)47-43-23-10-7-20-38(43)40-27-28-41-39-21-8-11-24-44(39)48(46(41)45(40)47)42-22-9-6-19-37(42)35-26-25-32-15-4-5-16-33(32)29-35/h1-30H. The summed E-state index contributed by atoms with van der Waals surface area (Å²) in [5.41, 5.74) is 12.0. The molecule has 0 amide bonds. The number of benzene rings is 8. The Morgan fingerprint density at radius 1 is 0.312 bits per heavy atom. The van der Waals surface area contributed by atoms with Crippen LogP contribution in [0.25, 0.3) is 88.0 Å². The summed E-state index contributed by atoms with van der Waals surface area (Å²) in [6, 6.07) is 66.2. The van der Waals surface area contributed by atoms with Crippen molar-refractivity contribution in [2.45, 2.75) is 0 Å². The number of rotatable bonds is 4. The minimum atomic E-state index is 1.15. The Bertz CT molecular complexity index is 2830. The molecule has 2 aromatic heterocycles. The molecule has 10 rings (SSSR count). The van der Waals surface area contributed by atoms with Crippen molar-refractivity contribution in [3.8, 4) is 33.6 Å². The molecule has 2 heterocycles. The van der Waals surface area contributed by atoms with Crippen LogP contribution in [0.5, 0.6) is 0 Å². The average Bonchev–Trinajstić information content (AvgIpc) is 3.68. The van der Waals surface area contributed by atoms with Crippen molar-refractivity contribution in [3.63, 3.8) is 0 Å². The highest BCUT2D eigenvalue weighted by atomic mass is 15.0. The maximum Gasteiger partial charge on any atom is 0.0789 e. The first kappa shape index (κ1) is 26.8. The number of aromatic nitrogens is 2. The van der Waals surface area contributed by atoms with Crippen LogP contribution in [0, 0.1) is 0 Å². The first-order valence-corrected chi connectivity index (χ1v) is 16.5. The van der Waals surface area contributed by atoms with Gasteiger partial charge >= 0.3 is 0 Å². The van der Waals surface area contributed by atoms with E-state index in [1.807, 2.05) is 0 Å². The van der Waals surface area contributed by atoms with Gasteiger partial charge < -0.3 is 9.13 Å². The molecule has 0 atom stereocenters. The van der Waals surface area contributed by atoms with Crippen LogP contribution in [0.2, 0.25) is 0 Å². The molecule has 0 N–H and O–H groups in total. The average molecular weight is 611 g/mol. The van der Waals surface area contributed by atoms with Gasteiger partial charge in [-0.2, -0.15) is 0 Å². The zero-order valence-corrected chi connectivity index (χ0v) is 26.2. The molecule has 0 aliphatic rings. The number of hydrogen-bond donors (Lipinski definition) is 0. The quantitative estimate of drug-likeness (QED) is 0.188. The molecule has 0 unspecified atom stereocenters. The summed E-state index contributed by atoms with van der Waals surface area (Å²) in [6.45, 7) is 0. The monoisotopic (exact) mass is 610 g/mol. The summed E-state index contributed by atoms with van der Waals surface area (Å²) < 4.78 is 4.99. The van der Waals surface area contributed by atoms with Crippen molar-refractivity contribution < 1.29 is 0 Å². The highest BCUT2D eigenvalue weighted by Gasteiger charge is 2.22. The molecule has 10 aromatic rings. The van der Waals surface area contributed by atoms with Crippen LogP contribution in [0.4, 0.5) is 0 Å². The van der Waals surface area contributed by atoms with Gasteiger partial charge in [-0.05, 0) is 63.9 Å². The second-order valence-corrected chi connectivity index (χ2v) is 12.6. The van der Waals surface area contributed by atoms with Crippen LogP contribution < -0.4 is 0 Å². The van der Waals surface area contributed by atoms with Gasteiger partial charge in [-0.3, -0.25) is 0 Å². The van der Waals surface area contributed by atoms with E-state index in [0.717, 1.165) is 5.69 Å². The van der Waals surface area contributed by atoms with Gasteiger partial charge in [0, 0.05) is 32.8 Å². The van der Waals surface area contributed by atoms with E-state index < -0.39 is 0 Å². The van der Waals surface area contributed by atoms with Gasteiger partial charge in [0.25, 0.3) is 0 Å². The molecular weight excluding hydrogens is 581 g/mol. The number of fused-ring (bicyclic) bond motifs is 8. The number of para-hydroxylation sites is 3. The van der Waals surface area contributed by atoms with E-state index in [1.54, 1.807) is 0 Å². The number of hydrogen-bond acceptors (Lipinski definition) is 0. The van der Waals surface area contributed by atoms with E-state index in [0.29, 0.717) is 0 Å². The highest BCUT2D eigenvalue weighted by molar-refractivity contribution is 6.24. The van der Waals surface area contributed by atoms with E-state index in [-0.39, 0.29) is 0 Å². The van der Waals surface area contributed by atoms with Crippen LogP contribution >= 0.6 is 0 Å². The maximum atomic E-state index is 2.51. The lowest BCUT2D eigenvalue weighted by Gasteiger charge is -2.16. The predicted molar refractivity (Wildman–Crippen MR) is 203 cm³/mol. The SMILES string of the molecule is c1ccc(-c2cccc(-n3c4ccccc4c4ccc5c6ccccc6n(-c6ccccc6-c6ccc7ccccc7c6)c5c43)c2)cc1. The molecule has 2 nitrogen and oxygen atoms in total. The van der Waals surface area contributed by atoms with E-state index in [9.17, 15) is 0 Å². The molecular formula is C46H30N2. The smallest absolute Gasteiger partial charge is 0.0789 e. The summed E-state index contributed by atoms with van der Waals surface area (Å²) in [5, 5.41) is 7.48. The van der Waals surface area contributed by atoms with Crippen LogP contribution in [-0.2, 0) is 0 Å². The largest absolute Gasteiger partial charge is 0.307 e. The molecule has 0 saturated carbocycles. The van der Waals surface area contributed by atoms with E-state index >= 15 is 0 Å². The minimum Gasteiger partial charge on any atom is -0.307 e. The molecule has 0 spiro atoms. The molecule has 0 fully saturated rings. The Kier molecular flexibility index (Phi) is 5.91. The first-order chi connectivity index (χ1) is 23.8. The lowest BCUT2D eigenvalue weighted by Crippen LogP contribution is -2.00. The van der Waals surface area contributed by atoms with Gasteiger partial charge in [-0.25, -0.2) is 0 Å². The third-order valence-electron chi connectivity index (χ3n) is 9.89. The van der Waals surface area contributed by atoms with E-state index in [4.69, 9.17) is 0 Å². The molecule has 224 valence electrons. The summed E-state index contributed by atoms with van der Waals surface area (Å²) in [5.74, 6) is 0. The Morgan fingerprint density at radius 2 is 0.917 bits per heavy atom. The van der Waals surface area contributed by atoms with E-state index in [1.165, 1.54) is 82.3 Å². The summed E-state index contributed by atoms with van der Waals surface area (Å²) >= 11 is 0. The first-order valence-electron chi connectivity index (χ1n) is 16.5. The van der Waals surface area contributed by atoms with Gasteiger partial charge in [0.1, 0.15) is 0 Å². The Morgan fingerprint density at radius 3 is 1.71 bits per heavy atom. The fourth-order valence-electron chi connectivity index (χ4n) is 7.74. The Balaban J connectivity index is 1.35. The van der Waals surface area contributed by atoms with Gasteiger partial charge in [-0.15, -0.1) is 0 Å². The Labute approximate surface area is 278 Å². The topological polar surface area (TPSA) is 9.86 Å². The molecule has 0 aliphatic heterocycles. The zero-order valence-electron chi connectivity index (χ0n) is 26.2. The van der Waals surface area contributed by atoms with Gasteiger partial charge in [0.05, 0.1) is 27.8 Å². The van der Waals surface area contributed by atoms with Crippen molar-refractivity contribution in [1.82, 2.24) is 9.13 Å². The summed E-state index contributed by atoms with van der Waals surface area (Å²) in [6.07, 6.45) is 0. The van der Waals surface area contributed by atoms with Gasteiger partial charge in [0.15, 0.2) is 0 Å². The molecule has 0 saturated heterocycles. The molecule has 0 radical (unpaired) electrons. The zero-order chi connectivity index (χ0) is 31.6. The van der Waals surface area contributed by atoms with Crippen LogP contribution in [-0.4, -0.2) is 9.13 Å². The van der Waals surface area contributed by atoms with Crippen molar-refractivity contribution in [1.29, 1.82) is 0 Å². The lowest BCUT2D eigenvalue weighted by atomic mass is 9.99. The normalized spacial score (nSPS) is 11.8. The van der Waals surface area contributed by atoms with Gasteiger partial charge in [0.2, 0.25) is 0 Å². The Hall–Kier alpha value is -6.38. The van der Waals surface area contributed by atoms with Crippen molar-refractivity contribution >= 4 is 54.4 Å². The van der Waals surface area contributed by atoms with E-state index in [2.05, 4.69) is 191 Å². The van der Waals surface area contributed by atoms with Crippen LogP contribution in [0.1, 0.15) is 0 Å². The predicted octanol–water partition coefficient (Wildman–Crippen LogP) is 12.4. The summed E-state index contributed by atoms with van der Waals surface area (Å²) in [7, 11) is 0. The summed E-state index contributed by atoms with van der Waals surface area (Å²) in [4.78, 5) is 0.